The molecule has 0 radical (unpaired) electrons. The number of rotatable bonds is 2. The molecule has 0 atom stereocenters. The Hall–Kier alpha value is -2.05. The van der Waals surface area contributed by atoms with Crippen LogP contribution in [0.25, 0.3) is 0 Å². The third-order valence-electron chi connectivity index (χ3n) is 2.52. The van der Waals surface area contributed by atoms with Crippen molar-refractivity contribution in [2.45, 2.75) is 20.0 Å². The summed E-state index contributed by atoms with van der Waals surface area (Å²) in [6, 6.07) is 2.28. The van der Waals surface area contributed by atoms with Gasteiger partial charge in [-0.1, -0.05) is 0 Å². The van der Waals surface area contributed by atoms with Gasteiger partial charge in [-0.05, 0) is 37.1 Å². The second kappa shape index (κ2) is 4.67. The van der Waals surface area contributed by atoms with Gasteiger partial charge in [0.2, 0.25) is 0 Å². The lowest BCUT2D eigenvalue weighted by atomic mass is 10.0. The molecule has 0 aromatic heterocycles. The molecule has 0 saturated heterocycles. The van der Waals surface area contributed by atoms with Crippen LogP contribution in [-0.4, -0.2) is 23.2 Å². The number of carboxylic acids is 1. The van der Waals surface area contributed by atoms with Crippen molar-refractivity contribution < 1.29 is 27.9 Å². The van der Waals surface area contributed by atoms with Crippen LogP contribution in [0.3, 0.4) is 0 Å². The van der Waals surface area contributed by atoms with Crippen molar-refractivity contribution in [2.24, 2.45) is 0 Å². The summed E-state index contributed by atoms with van der Waals surface area (Å²) in [6.07, 6.45) is -4.98. The van der Waals surface area contributed by atoms with Gasteiger partial charge >= 0.3 is 18.1 Å². The fourth-order valence-corrected chi connectivity index (χ4v) is 1.38. The summed E-state index contributed by atoms with van der Waals surface area (Å²) < 4.78 is 36.2. The number of hydrogen-bond donors (Lipinski definition) is 2. The number of hydrogen-bond acceptors (Lipinski definition) is 2. The molecule has 98 valence electrons. The van der Waals surface area contributed by atoms with Crippen LogP contribution in [-0.2, 0) is 4.79 Å². The van der Waals surface area contributed by atoms with Crippen LogP contribution in [0.1, 0.15) is 21.5 Å². The van der Waals surface area contributed by atoms with E-state index in [-0.39, 0.29) is 16.8 Å². The van der Waals surface area contributed by atoms with Crippen molar-refractivity contribution in [1.29, 1.82) is 0 Å². The van der Waals surface area contributed by atoms with Crippen LogP contribution in [0.2, 0.25) is 0 Å². The van der Waals surface area contributed by atoms with E-state index in [9.17, 15) is 22.8 Å². The first-order valence-electron chi connectivity index (χ1n) is 4.86. The molecule has 7 heteroatoms. The van der Waals surface area contributed by atoms with Gasteiger partial charge in [-0.3, -0.25) is 4.79 Å². The minimum Gasteiger partial charge on any atom is -0.478 e. The van der Waals surface area contributed by atoms with Gasteiger partial charge in [-0.2, -0.15) is 13.2 Å². The van der Waals surface area contributed by atoms with Gasteiger partial charge < -0.3 is 10.4 Å². The van der Waals surface area contributed by atoms with Gasteiger partial charge in [-0.25, -0.2) is 4.79 Å². The predicted octanol–water partition coefficient (Wildman–Crippen LogP) is 2.50. The maximum atomic E-state index is 12.1. The molecule has 4 nitrogen and oxygen atoms in total. The Morgan fingerprint density at radius 1 is 1.17 bits per heavy atom. The van der Waals surface area contributed by atoms with E-state index in [0.29, 0.717) is 5.56 Å². The number of aromatic carboxylic acids is 1. The number of carbonyl (C=O) groups excluding carboxylic acids is 1. The summed E-state index contributed by atoms with van der Waals surface area (Å²) in [5, 5.41) is 10.5. The molecule has 18 heavy (non-hydrogen) atoms. The Bertz CT molecular complexity index is 509. The molecule has 0 aliphatic heterocycles. The molecule has 1 aromatic rings. The topological polar surface area (TPSA) is 66.4 Å². The van der Waals surface area contributed by atoms with Crippen molar-refractivity contribution >= 4 is 17.6 Å². The predicted molar refractivity (Wildman–Crippen MR) is 57.6 cm³/mol. The number of nitrogens with one attached hydrogen (secondary N) is 1. The van der Waals surface area contributed by atoms with Crippen molar-refractivity contribution in [3.8, 4) is 0 Å². The first-order chi connectivity index (χ1) is 8.14. The number of alkyl halides is 3. The maximum absolute atomic E-state index is 12.1. The largest absolute Gasteiger partial charge is 0.478 e. The number of anilines is 1. The molecule has 1 rings (SSSR count). The molecular formula is C11H10F3NO3. The first-order valence-corrected chi connectivity index (χ1v) is 4.86. The van der Waals surface area contributed by atoms with Crippen LogP contribution in [0, 0.1) is 13.8 Å². The Labute approximate surface area is 100 Å². The van der Waals surface area contributed by atoms with E-state index < -0.39 is 18.1 Å². The molecule has 0 fully saturated rings. The van der Waals surface area contributed by atoms with E-state index >= 15 is 0 Å². The highest BCUT2D eigenvalue weighted by molar-refractivity contribution is 5.97. The zero-order valence-electron chi connectivity index (χ0n) is 9.55. The standard InChI is InChI=1S/C11H10F3NO3/c1-5-6(2)8(4-3-7(5)9(16)17)15-10(18)11(12,13)14/h3-4H,1-2H3,(H,15,18)(H,16,17). The molecule has 0 unspecified atom stereocenters. The van der Waals surface area contributed by atoms with Crippen LogP contribution in [0.5, 0.6) is 0 Å². The van der Waals surface area contributed by atoms with Crippen molar-refractivity contribution in [3.05, 3.63) is 28.8 Å². The molecule has 0 saturated carbocycles. The number of carboxylic acid groups (broad SMARTS) is 1. The van der Waals surface area contributed by atoms with E-state index in [4.69, 9.17) is 5.11 Å². The lowest BCUT2D eigenvalue weighted by Gasteiger charge is -2.13. The van der Waals surface area contributed by atoms with Gasteiger partial charge in [0.1, 0.15) is 0 Å². The highest BCUT2D eigenvalue weighted by atomic mass is 19.4. The quantitative estimate of drug-likeness (QED) is 0.859. The first kappa shape index (κ1) is 14.0. The van der Waals surface area contributed by atoms with E-state index in [1.165, 1.54) is 13.8 Å². The lowest BCUT2D eigenvalue weighted by Crippen LogP contribution is -2.30. The Kier molecular flexibility index (Phi) is 3.64. The molecule has 0 bridgehead atoms. The van der Waals surface area contributed by atoms with Crippen molar-refractivity contribution in [2.75, 3.05) is 5.32 Å². The van der Waals surface area contributed by atoms with Gasteiger partial charge in [0.15, 0.2) is 0 Å². The van der Waals surface area contributed by atoms with Crippen molar-refractivity contribution in [1.82, 2.24) is 0 Å². The van der Waals surface area contributed by atoms with Gasteiger partial charge in [0, 0.05) is 5.69 Å². The van der Waals surface area contributed by atoms with E-state index in [0.717, 1.165) is 12.1 Å². The Morgan fingerprint density at radius 3 is 2.17 bits per heavy atom. The summed E-state index contributed by atoms with van der Waals surface area (Å²) in [5.74, 6) is -3.27. The monoisotopic (exact) mass is 261 g/mol. The zero-order chi connectivity index (χ0) is 14.1. The number of amides is 1. The minimum atomic E-state index is -4.98. The number of benzene rings is 1. The van der Waals surface area contributed by atoms with E-state index in [1.807, 2.05) is 0 Å². The second-order valence-electron chi connectivity index (χ2n) is 3.67. The number of carbonyl (C=O) groups is 2. The van der Waals surface area contributed by atoms with Gasteiger partial charge in [-0.15, -0.1) is 0 Å². The smallest absolute Gasteiger partial charge is 0.471 e. The fourth-order valence-electron chi connectivity index (χ4n) is 1.38. The molecule has 0 aliphatic rings. The number of halogens is 3. The third kappa shape index (κ3) is 2.79. The zero-order valence-corrected chi connectivity index (χ0v) is 9.55. The SMILES string of the molecule is Cc1c(NC(=O)C(F)(F)F)ccc(C(=O)O)c1C. The minimum absolute atomic E-state index is 0.0162. The summed E-state index contributed by atoms with van der Waals surface area (Å²) in [4.78, 5) is 21.6. The molecule has 1 aromatic carbocycles. The third-order valence-corrected chi connectivity index (χ3v) is 2.52. The van der Waals surface area contributed by atoms with Crippen LogP contribution >= 0.6 is 0 Å². The van der Waals surface area contributed by atoms with Crippen molar-refractivity contribution in [3.63, 3.8) is 0 Å². The summed E-state index contributed by atoms with van der Waals surface area (Å²) in [6.45, 7) is 2.90. The molecular weight excluding hydrogens is 251 g/mol. The maximum Gasteiger partial charge on any atom is 0.471 e. The normalized spacial score (nSPS) is 11.2. The van der Waals surface area contributed by atoms with Crippen LogP contribution in [0.4, 0.5) is 18.9 Å². The highest BCUT2D eigenvalue weighted by Gasteiger charge is 2.38. The second-order valence-corrected chi connectivity index (χ2v) is 3.67. The summed E-state index contributed by atoms with van der Waals surface area (Å²) in [5.41, 5.74) is 0.521. The van der Waals surface area contributed by atoms with Gasteiger partial charge in [0.25, 0.3) is 0 Å². The molecule has 2 N–H and O–H groups in total. The Balaban J connectivity index is 3.11. The highest BCUT2D eigenvalue weighted by Crippen LogP contribution is 2.24. The molecule has 0 heterocycles. The molecule has 1 amide bonds. The Morgan fingerprint density at radius 2 is 1.72 bits per heavy atom. The van der Waals surface area contributed by atoms with E-state index in [2.05, 4.69) is 0 Å². The fraction of sp³-hybridized carbons (Fsp3) is 0.273. The average Bonchev–Trinajstić information content (AvgIpc) is 2.22. The van der Waals surface area contributed by atoms with E-state index in [1.54, 1.807) is 5.32 Å². The summed E-state index contributed by atoms with van der Waals surface area (Å²) in [7, 11) is 0. The molecule has 0 aliphatic carbocycles. The van der Waals surface area contributed by atoms with Crippen LogP contribution in [0.15, 0.2) is 12.1 Å². The average molecular weight is 261 g/mol. The lowest BCUT2D eigenvalue weighted by molar-refractivity contribution is -0.167. The summed E-state index contributed by atoms with van der Waals surface area (Å²) >= 11 is 0. The molecule has 0 spiro atoms. The van der Waals surface area contributed by atoms with Gasteiger partial charge in [0.05, 0.1) is 5.56 Å². The van der Waals surface area contributed by atoms with Crippen LogP contribution < -0.4 is 5.32 Å².